The average molecular weight is 839 g/mol. The summed E-state index contributed by atoms with van der Waals surface area (Å²) in [5, 5.41) is 27.3. The Kier molecular flexibility index (Phi) is 15.0. The van der Waals surface area contributed by atoms with Gasteiger partial charge in [0, 0.05) is 46.7 Å². The summed E-state index contributed by atoms with van der Waals surface area (Å²) in [6, 6.07) is 34.1. The first kappa shape index (κ1) is 42.2. The Morgan fingerprint density at radius 2 is 1.23 bits per heavy atom. The molecule has 9 nitrogen and oxygen atoms in total. The number of halogens is 4. The maximum Gasteiger partial charge on any atom is 0.150 e. The van der Waals surface area contributed by atoms with Crippen LogP contribution in [0.15, 0.2) is 140 Å². The van der Waals surface area contributed by atoms with Gasteiger partial charge in [-0.1, -0.05) is 94.9 Å². The molecule has 0 saturated heterocycles. The number of pyridine rings is 4. The number of phenolic OH excluding ortho intramolecular Hbond substituents is 2. The van der Waals surface area contributed by atoms with Gasteiger partial charge in [0.25, 0.3) is 0 Å². The molecule has 1 atom stereocenters. The summed E-state index contributed by atoms with van der Waals surface area (Å²) in [5.74, 6) is 1.64. The predicted molar refractivity (Wildman–Crippen MR) is 233 cm³/mol. The highest BCUT2D eigenvalue weighted by atomic mass is 35.5. The van der Waals surface area contributed by atoms with Gasteiger partial charge < -0.3 is 21.3 Å². The largest absolute Gasteiger partial charge is 0.506 e. The van der Waals surface area contributed by atoms with Gasteiger partial charge in [-0.25, -0.2) is 9.97 Å². The first-order valence-electron chi connectivity index (χ1n) is 17.2. The van der Waals surface area contributed by atoms with Crippen LogP contribution in [0.5, 0.6) is 11.5 Å². The van der Waals surface area contributed by atoms with E-state index in [1.807, 2.05) is 86.6 Å². The maximum atomic E-state index is 11.0. The summed E-state index contributed by atoms with van der Waals surface area (Å²) in [7, 11) is 0. The highest BCUT2D eigenvalue weighted by Gasteiger charge is 2.21. The van der Waals surface area contributed by atoms with Gasteiger partial charge in [0.1, 0.15) is 40.5 Å². The fourth-order valence-electron chi connectivity index (χ4n) is 5.41. The number of anilines is 2. The molecular weight excluding hydrogens is 802 g/mol. The molecule has 1 unspecified atom stereocenters. The fraction of sp³-hybridized carbons (Fsp3) is 0.0682. The minimum atomic E-state index is -0.393. The predicted octanol–water partition coefficient (Wildman–Crippen LogP) is 11.9. The number of aryl methyl sites for hydroxylation is 2. The molecule has 8 rings (SSSR count). The molecule has 0 saturated carbocycles. The van der Waals surface area contributed by atoms with E-state index in [1.165, 1.54) is 6.07 Å². The number of para-hydroxylation sites is 1. The Morgan fingerprint density at radius 3 is 1.82 bits per heavy atom. The molecule has 8 aromatic rings. The lowest BCUT2D eigenvalue weighted by Crippen LogP contribution is -2.14. The standard InChI is InChI=1S/C22H17Cl2N3O.C9H7NO.C7H4Cl2O.C6H8N2/c1-13-8-10-25-19(11-13)27-20(15-5-7-17(23)18(24)12-15)16-6-4-14-3-2-9-26-21(14)22(16)28;11-8-5-1-3-7-4-2-6-10-9(7)8;8-6-2-1-5(4-10)3-7(6)9;1-5-2-3-8-6(7)4-5/h2-12,20,28H,1H3,(H,25,27);1-6,11H;1-4H;2-4H,1H3,(H2,7,8). The van der Waals surface area contributed by atoms with Crippen molar-refractivity contribution >= 4 is 86.1 Å². The molecule has 0 bridgehead atoms. The van der Waals surface area contributed by atoms with Crippen molar-refractivity contribution < 1.29 is 15.0 Å². The molecule has 0 amide bonds. The van der Waals surface area contributed by atoms with E-state index in [4.69, 9.17) is 52.1 Å². The molecule has 0 spiro atoms. The maximum absolute atomic E-state index is 11.0. The summed E-state index contributed by atoms with van der Waals surface area (Å²) in [5.41, 5.74) is 10.8. The van der Waals surface area contributed by atoms with Crippen molar-refractivity contribution in [3.05, 3.63) is 188 Å². The number of rotatable bonds is 5. The minimum Gasteiger partial charge on any atom is -0.506 e. The highest BCUT2D eigenvalue weighted by Crippen LogP contribution is 2.38. The number of nitrogens with one attached hydrogen (secondary N) is 1. The number of benzene rings is 4. The number of aldehydes is 1. The van der Waals surface area contributed by atoms with Crippen LogP contribution in [-0.4, -0.2) is 36.4 Å². The molecule has 0 radical (unpaired) electrons. The second-order valence-electron chi connectivity index (χ2n) is 12.4. The SMILES string of the molecule is Cc1ccnc(N)c1.Cc1ccnc(NC(c2ccc(Cl)c(Cl)c2)c2ccc3cccnc3c2O)c1.O=Cc1ccc(Cl)c(Cl)c1.Oc1cccc2cccnc12. The number of hydrogen-bond donors (Lipinski definition) is 4. The first-order chi connectivity index (χ1) is 27.4. The summed E-state index contributed by atoms with van der Waals surface area (Å²) in [6.07, 6.45) is 7.50. The Morgan fingerprint density at radius 1 is 0.614 bits per heavy atom. The smallest absolute Gasteiger partial charge is 0.150 e. The summed E-state index contributed by atoms with van der Waals surface area (Å²) in [6.45, 7) is 3.98. The van der Waals surface area contributed by atoms with E-state index in [-0.39, 0.29) is 11.5 Å². The van der Waals surface area contributed by atoms with Crippen molar-refractivity contribution in [1.82, 2.24) is 19.9 Å². The zero-order valence-corrected chi connectivity index (χ0v) is 33.6. The molecule has 13 heteroatoms. The van der Waals surface area contributed by atoms with Gasteiger partial charge in [-0.15, -0.1) is 0 Å². The number of aromatic hydroxyl groups is 2. The molecule has 288 valence electrons. The lowest BCUT2D eigenvalue weighted by molar-refractivity contribution is 0.112. The lowest BCUT2D eigenvalue weighted by atomic mass is 9.96. The third kappa shape index (κ3) is 11.8. The quantitative estimate of drug-likeness (QED) is 0.124. The van der Waals surface area contributed by atoms with Gasteiger partial charge in [0.15, 0.2) is 0 Å². The van der Waals surface area contributed by atoms with E-state index in [2.05, 4.69) is 25.3 Å². The van der Waals surface area contributed by atoms with Gasteiger partial charge in [-0.2, -0.15) is 0 Å². The molecular formula is C44H36Cl4N6O3. The minimum absolute atomic E-state index is 0.120. The third-order valence-electron chi connectivity index (χ3n) is 8.20. The van der Waals surface area contributed by atoms with Crippen molar-refractivity contribution in [2.45, 2.75) is 19.9 Å². The van der Waals surface area contributed by atoms with Crippen LogP contribution in [0.1, 0.15) is 38.7 Å². The number of aromatic nitrogens is 4. The van der Waals surface area contributed by atoms with Crippen LogP contribution in [0.25, 0.3) is 21.8 Å². The fourth-order valence-corrected chi connectivity index (χ4v) is 6.02. The summed E-state index contributed by atoms with van der Waals surface area (Å²) in [4.78, 5) is 26.7. The Balaban J connectivity index is 0.000000173. The van der Waals surface area contributed by atoms with E-state index < -0.39 is 6.04 Å². The molecule has 4 heterocycles. The number of carbonyl (C=O) groups is 1. The molecule has 0 aliphatic carbocycles. The van der Waals surface area contributed by atoms with Gasteiger partial charge in [0.05, 0.1) is 26.1 Å². The van der Waals surface area contributed by atoms with Crippen LogP contribution in [-0.2, 0) is 0 Å². The van der Waals surface area contributed by atoms with E-state index in [0.29, 0.717) is 53.9 Å². The van der Waals surface area contributed by atoms with Crippen LogP contribution in [0.2, 0.25) is 20.1 Å². The normalized spacial score (nSPS) is 10.8. The van der Waals surface area contributed by atoms with Crippen molar-refractivity contribution in [1.29, 1.82) is 0 Å². The molecule has 5 N–H and O–H groups in total. The number of fused-ring (bicyclic) bond motifs is 2. The van der Waals surface area contributed by atoms with E-state index in [9.17, 15) is 15.0 Å². The van der Waals surface area contributed by atoms with Crippen molar-refractivity contribution in [2.75, 3.05) is 11.1 Å². The molecule has 4 aromatic carbocycles. The Bertz CT molecular complexity index is 2610. The van der Waals surface area contributed by atoms with Crippen molar-refractivity contribution in [3.63, 3.8) is 0 Å². The molecule has 0 fully saturated rings. The third-order valence-corrected chi connectivity index (χ3v) is 9.68. The van der Waals surface area contributed by atoms with Gasteiger partial charge in [-0.3, -0.25) is 14.8 Å². The van der Waals surface area contributed by atoms with Crippen molar-refractivity contribution in [3.8, 4) is 11.5 Å². The van der Waals surface area contributed by atoms with Crippen LogP contribution in [0, 0.1) is 13.8 Å². The van der Waals surface area contributed by atoms with Crippen LogP contribution in [0.3, 0.4) is 0 Å². The number of nitrogen functional groups attached to an aromatic ring is 1. The van der Waals surface area contributed by atoms with Crippen LogP contribution >= 0.6 is 46.4 Å². The second-order valence-corrected chi connectivity index (χ2v) is 14.1. The topological polar surface area (TPSA) is 147 Å². The number of nitrogens with zero attached hydrogens (tertiary/aromatic N) is 4. The number of hydrogen-bond acceptors (Lipinski definition) is 9. The van der Waals surface area contributed by atoms with Crippen LogP contribution in [0.4, 0.5) is 11.6 Å². The zero-order valence-electron chi connectivity index (χ0n) is 30.6. The Hall–Kier alpha value is -5.97. The van der Waals surface area contributed by atoms with Gasteiger partial charge >= 0.3 is 0 Å². The average Bonchev–Trinajstić information content (AvgIpc) is 3.20. The molecule has 0 aliphatic rings. The van der Waals surface area contributed by atoms with E-state index >= 15 is 0 Å². The Labute approximate surface area is 349 Å². The number of carbonyl (C=O) groups excluding carboxylic acids is 1. The number of phenols is 2. The number of nitrogens with two attached hydrogens (primary N) is 1. The monoisotopic (exact) mass is 836 g/mol. The highest BCUT2D eigenvalue weighted by molar-refractivity contribution is 6.42. The zero-order chi connectivity index (χ0) is 40.9. The molecule has 4 aromatic heterocycles. The van der Waals surface area contributed by atoms with Gasteiger partial charge in [-0.05, 0) is 97.3 Å². The van der Waals surface area contributed by atoms with Crippen molar-refractivity contribution in [2.24, 2.45) is 0 Å². The molecule has 0 aliphatic heterocycles. The van der Waals surface area contributed by atoms with E-state index in [0.717, 1.165) is 33.7 Å². The first-order valence-corrected chi connectivity index (χ1v) is 18.8. The lowest BCUT2D eigenvalue weighted by Gasteiger charge is -2.22. The summed E-state index contributed by atoms with van der Waals surface area (Å²) < 4.78 is 0. The second kappa shape index (κ2) is 20.3. The van der Waals surface area contributed by atoms with Gasteiger partial charge in [0.2, 0.25) is 0 Å². The van der Waals surface area contributed by atoms with E-state index in [1.54, 1.807) is 61.2 Å². The molecule has 57 heavy (non-hydrogen) atoms. The van der Waals surface area contributed by atoms with Crippen LogP contribution < -0.4 is 11.1 Å². The summed E-state index contributed by atoms with van der Waals surface area (Å²) >= 11 is 23.5.